The molecule has 0 atom stereocenters. The van der Waals surface area contributed by atoms with Gasteiger partial charge in [-0.1, -0.05) is 50.2 Å². The van der Waals surface area contributed by atoms with Gasteiger partial charge in [0.1, 0.15) is 12.4 Å². The topological polar surface area (TPSA) is 83.9 Å². The van der Waals surface area contributed by atoms with Crippen LogP contribution in [0, 0.1) is 0 Å². The van der Waals surface area contributed by atoms with Gasteiger partial charge in [-0.25, -0.2) is 13.2 Å². The van der Waals surface area contributed by atoms with Crippen molar-refractivity contribution in [1.29, 1.82) is 0 Å². The number of aromatic carboxylic acids is 1. The highest BCUT2D eigenvalue weighted by atomic mass is 32.2. The molecule has 6 nitrogen and oxygen atoms in total. The number of rotatable bonds is 9. The van der Waals surface area contributed by atoms with Crippen molar-refractivity contribution in [2.45, 2.75) is 51.2 Å². The zero-order chi connectivity index (χ0) is 24.2. The average molecular weight is 468 g/mol. The maximum atomic E-state index is 13.5. The molecule has 0 aliphatic rings. The van der Waals surface area contributed by atoms with Crippen molar-refractivity contribution < 1.29 is 23.1 Å². The van der Waals surface area contributed by atoms with Gasteiger partial charge in [-0.15, -0.1) is 0 Å². The van der Waals surface area contributed by atoms with E-state index in [2.05, 4.69) is 13.8 Å². The molecule has 0 saturated heterocycles. The molecule has 0 fully saturated rings. The Bertz CT molecular complexity index is 1200. The fourth-order valence-electron chi connectivity index (χ4n) is 3.48. The SMILES string of the molecule is CC(C)c1ccc(N(C(C)C)S(=O)(=O)c2ccccc2)c(OCc2ccc(C(=O)O)cc2)c1. The Balaban J connectivity index is 2.02. The maximum absolute atomic E-state index is 13.5. The van der Waals surface area contributed by atoms with Gasteiger partial charge in [0.25, 0.3) is 10.0 Å². The number of anilines is 1. The molecule has 7 heteroatoms. The summed E-state index contributed by atoms with van der Waals surface area (Å²) in [4.78, 5) is 11.3. The van der Waals surface area contributed by atoms with Crippen molar-refractivity contribution in [1.82, 2.24) is 0 Å². The summed E-state index contributed by atoms with van der Waals surface area (Å²) in [5, 5.41) is 9.09. The summed E-state index contributed by atoms with van der Waals surface area (Å²) in [6, 6.07) is 20.0. The van der Waals surface area contributed by atoms with Crippen LogP contribution in [0.25, 0.3) is 0 Å². The van der Waals surface area contributed by atoms with E-state index in [4.69, 9.17) is 9.84 Å². The quantitative estimate of drug-likeness (QED) is 0.437. The number of sulfonamides is 1. The molecule has 33 heavy (non-hydrogen) atoms. The lowest BCUT2D eigenvalue weighted by Gasteiger charge is -2.30. The minimum Gasteiger partial charge on any atom is -0.487 e. The van der Waals surface area contributed by atoms with Crippen LogP contribution in [0.2, 0.25) is 0 Å². The number of carbonyl (C=O) groups is 1. The van der Waals surface area contributed by atoms with Gasteiger partial charge in [0.05, 0.1) is 16.1 Å². The van der Waals surface area contributed by atoms with Crippen molar-refractivity contribution >= 4 is 21.7 Å². The first kappa shape index (κ1) is 24.3. The van der Waals surface area contributed by atoms with Crippen LogP contribution in [0.4, 0.5) is 5.69 Å². The normalized spacial score (nSPS) is 11.6. The lowest BCUT2D eigenvalue weighted by molar-refractivity contribution is 0.0697. The molecule has 174 valence electrons. The third-order valence-corrected chi connectivity index (χ3v) is 7.26. The van der Waals surface area contributed by atoms with Gasteiger partial charge < -0.3 is 9.84 Å². The number of ether oxygens (including phenoxy) is 1. The predicted octanol–water partition coefficient (Wildman–Crippen LogP) is 5.69. The fraction of sp³-hybridized carbons (Fsp3) is 0.269. The van der Waals surface area contributed by atoms with Gasteiger partial charge in [-0.2, -0.15) is 0 Å². The van der Waals surface area contributed by atoms with E-state index in [0.717, 1.165) is 11.1 Å². The molecular formula is C26H29NO5S. The molecule has 1 N–H and O–H groups in total. The second-order valence-corrected chi connectivity index (χ2v) is 10.2. The molecule has 0 aliphatic carbocycles. The van der Waals surface area contributed by atoms with Crippen molar-refractivity contribution in [3.8, 4) is 5.75 Å². The van der Waals surface area contributed by atoms with Crippen LogP contribution in [0.15, 0.2) is 77.7 Å². The predicted molar refractivity (Wildman–Crippen MR) is 130 cm³/mol. The van der Waals surface area contributed by atoms with Crippen LogP contribution in [0.1, 0.15) is 55.1 Å². The summed E-state index contributed by atoms with van der Waals surface area (Å²) in [5.41, 5.74) is 2.46. The van der Waals surface area contributed by atoms with Crippen molar-refractivity contribution in [3.63, 3.8) is 0 Å². The second kappa shape index (κ2) is 10.1. The van der Waals surface area contributed by atoms with Gasteiger partial charge in [0.15, 0.2) is 0 Å². The summed E-state index contributed by atoms with van der Waals surface area (Å²) in [5.74, 6) is -0.306. The van der Waals surface area contributed by atoms with Gasteiger partial charge >= 0.3 is 5.97 Å². The van der Waals surface area contributed by atoms with E-state index in [1.54, 1.807) is 48.5 Å². The third kappa shape index (κ3) is 5.54. The zero-order valence-electron chi connectivity index (χ0n) is 19.2. The lowest BCUT2D eigenvalue weighted by atomic mass is 10.0. The molecule has 0 saturated carbocycles. The van der Waals surface area contributed by atoms with Crippen molar-refractivity contribution in [2.24, 2.45) is 0 Å². The highest BCUT2D eigenvalue weighted by Gasteiger charge is 2.30. The Morgan fingerprint density at radius 1 is 0.939 bits per heavy atom. The smallest absolute Gasteiger partial charge is 0.335 e. The van der Waals surface area contributed by atoms with E-state index in [1.807, 2.05) is 26.0 Å². The molecular weight excluding hydrogens is 438 g/mol. The standard InChI is InChI=1S/C26H29NO5S/c1-18(2)22-14-15-24(27(19(3)4)33(30,31)23-8-6-5-7-9-23)25(16-22)32-17-20-10-12-21(13-11-20)26(28)29/h5-16,18-19H,17H2,1-4H3,(H,28,29). The summed E-state index contributed by atoms with van der Waals surface area (Å²) in [6.45, 7) is 7.94. The van der Waals surface area contributed by atoms with Gasteiger partial charge in [-0.3, -0.25) is 4.31 Å². The fourth-order valence-corrected chi connectivity index (χ4v) is 5.18. The van der Waals surface area contributed by atoms with Crippen LogP contribution in [-0.2, 0) is 16.6 Å². The Morgan fingerprint density at radius 2 is 1.58 bits per heavy atom. The van der Waals surface area contributed by atoms with E-state index in [0.29, 0.717) is 11.4 Å². The van der Waals surface area contributed by atoms with Crippen LogP contribution in [-0.4, -0.2) is 25.5 Å². The molecule has 3 aromatic rings. The number of nitrogens with zero attached hydrogens (tertiary/aromatic N) is 1. The second-order valence-electron chi connectivity index (χ2n) is 8.38. The molecule has 0 aliphatic heterocycles. The summed E-state index contributed by atoms with van der Waals surface area (Å²) >= 11 is 0. The first-order valence-electron chi connectivity index (χ1n) is 10.8. The number of hydrogen-bond acceptors (Lipinski definition) is 4. The number of carboxylic acid groups (broad SMARTS) is 1. The van der Waals surface area contributed by atoms with Crippen molar-refractivity contribution in [3.05, 3.63) is 89.5 Å². The largest absolute Gasteiger partial charge is 0.487 e. The molecule has 0 bridgehead atoms. The van der Waals surface area contributed by atoms with Gasteiger partial charge in [0.2, 0.25) is 0 Å². The Hall–Kier alpha value is -3.32. The number of hydrogen-bond donors (Lipinski definition) is 1. The van der Waals surface area contributed by atoms with E-state index in [1.165, 1.54) is 16.4 Å². The first-order valence-corrected chi connectivity index (χ1v) is 12.2. The summed E-state index contributed by atoms with van der Waals surface area (Å²) < 4.78 is 34.6. The van der Waals surface area contributed by atoms with Gasteiger partial charge in [0, 0.05) is 6.04 Å². The minimum atomic E-state index is -3.82. The van der Waals surface area contributed by atoms with Crippen LogP contribution in [0.5, 0.6) is 5.75 Å². The molecule has 0 unspecified atom stereocenters. The van der Waals surface area contributed by atoms with Crippen LogP contribution in [0.3, 0.4) is 0 Å². The molecule has 0 radical (unpaired) electrons. The highest BCUT2D eigenvalue weighted by Crippen LogP contribution is 2.37. The highest BCUT2D eigenvalue weighted by molar-refractivity contribution is 7.92. The Labute approximate surface area is 195 Å². The average Bonchev–Trinajstić information content (AvgIpc) is 2.78. The Morgan fingerprint density at radius 3 is 2.12 bits per heavy atom. The number of benzene rings is 3. The third-order valence-electron chi connectivity index (χ3n) is 5.25. The van der Waals surface area contributed by atoms with E-state index < -0.39 is 16.0 Å². The molecule has 0 spiro atoms. The molecule has 0 amide bonds. The molecule has 0 heterocycles. The minimum absolute atomic E-state index is 0.172. The Kier molecular flexibility index (Phi) is 7.43. The monoisotopic (exact) mass is 467 g/mol. The van der Waals surface area contributed by atoms with Crippen molar-refractivity contribution in [2.75, 3.05) is 4.31 Å². The van der Waals surface area contributed by atoms with Crippen LogP contribution >= 0.6 is 0 Å². The number of carboxylic acids is 1. The summed E-state index contributed by atoms with van der Waals surface area (Å²) in [6.07, 6.45) is 0. The van der Waals surface area contributed by atoms with E-state index in [-0.39, 0.29) is 29.0 Å². The molecule has 3 aromatic carbocycles. The molecule has 0 aromatic heterocycles. The van der Waals surface area contributed by atoms with Crippen LogP contribution < -0.4 is 9.04 Å². The molecule has 3 rings (SSSR count). The maximum Gasteiger partial charge on any atom is 0.335 e. The summed E-state index contributed by atoms with van der Waals surface area (Å²) in [7, 11) is -3.82. The zero-order valence-corrected chi connectivity index (χ0v) is 20.0. The lowest BCUT2D eigenvalue weighted by Crippen LogP contribution is -2.37. The van der Waals surface area contributed by atoms with E-state index in [9.17, 15) is 13.2 Å². The van der Waals surface area contributed by atoms with Gasteiger partial charge in [-0.05, 0) is 67.3 Å². The van der Waals surface area contributed by atoms with E-state index >= 15 is 0 Å². The first-order chi connectivity index (χ1) is 15.6.